The molecule has 0 fully saturated rings. The van der Waals surface area contributed by atoms with Crippen LogP contribution >= 0.6 is 0 Å². The maximum absolute atomic E-state index is 12.6. The third kappa shape index (κ3) is 2.47. The van der Waals surface area contributed by atoms with E-state index in [9.17, 15) is 18.0 Å². The number of amides is 1. The number of nitrogens with zero attached hydrogens (tertiary/aromatic N) is 1. The minimum atomic E-state index is -4.58. The van der Waals surface area contributed by atoms with Crippen molar-refractivity contribution >= 4 is 22.6 Å². The number of aromatic amines is 1. The molecule has 21 heavy (non-hydrogen) atoms. The standard InChI is InChI=1S/C13H8F3N3O2/c14-13(15,16)12-18-8-4-1-3-7(10(8)19-12)17-11(20)9-5-2-6-21-9/h1-6H,(H,17,20)(H,18,19). The van der Waals surface area contributed by atoms with Gasteiger partial charge in [0.15, 0.2) is 5.76 Å². The van der Waals surface area contributed by atoms with Gasteiger partial charge in [0.1, 0.15) is 5.52 Å². The lowest BCUT2D eigenvalue weighted by Gasteiger charge is -2.03. The fourth-order valence-corrected chi connectivity index (χ4v) is 1.86. The third-order valence-electron chi connectivity index (χ3n) is 2.77. The molecule has 3 aromatic rings. The minimum absolute atomic E-state index is 0.0322. The topological polar surface area (TPSA) is 70.9 Å². The van der Waals surface area contributed by atoms with Gasteiger partial charge < -0.3 is 14.7 Å². The van der Waals surface area contributed by atoms with E-state index in [0.29, 0.717) is 0 Å². The number of aromatic nitrogens is 2. The van der Waals surface area contributed by atoms with E-state index in [0.717, 1.165) is 0 Å². The van der Waals surface area contributed by atoms with Crippen LogP contribution in [0, 0.1) is 0 Å². The molecule has 0 unspecified atom stereocenters. The fourth-order valence-electron chi connectivity index (χ4n) is 1.86. The summed E-state index contributed by atoms with van der Waals surface area (Å²) < 4.78 is 42.9. The van der Waals surface area contributed by atoms with E-state index in [4.69, 9.17) is 4.42 Å². The second-order valence-electron chi connectivity index (χ2n) is 4.22. The highest BCUT2D eigenvalue weighted by Gasteiger charge is 2.35. The zero-order valence-electron chi connectivity index (χ0n) is 10.4. The number of alkyl halides is 3. The van der Waals surface area contributed by atoms with Gasteiger partial charge in [0.05, 0.1) is 17.5 Å². The first-order valence-electron chi connectivity index (χ1n) is 5.86. The number of imidazole rings is 1. The number of nitrogens with one attached hydrogen (secondary N) is 2. The quantitative estimate of drug-likeness (QED) is 0.761. The van der Waals surface area contributed by atoms with Gasteiger partial charge in [-0.15, -0.1) is 0 Å². The number of furan rings is 1. The lowest BCUT2D eigenvalue weighted by atomic mass is 10.2. The van der Waals surface area contributed by atoms with E-state index in [-0.39, 0.29) is 22.5 Å². The smallest absolute Gasteiger partial charge is 0.449 e. The van der Waals surface area contributed by atoms with Gasteiger partial charge in [0.25, 0.3) is 5.91 Å². The molecule has 0 atom stereocenters. The van der Waals surface area contributed by atoms with E-state index in [1.807, 2.05) is 0 Å². The zero-order chi connectivity index (χ0) is 15.0. The fraction of sp³-hybridized carbons (Fsp3) is 0.0769. The molecule has 1 aromatic carbocycles. The van der Waals surface area contributed by atoms with Crippen molar-refractivity contribution in [3.8, 4) is 0 Å². The Hall–Kier alpha value is -2.77. The van der Waals surface area contributed by atoms with Crippen LogP contribution in [0.25, 0.3) is 11.0 Å². The first-order valence-corrected chi connectivity index (χ1v) is 5.86. The molecule has 0 bridgehead atoms. The number of hydrogen-bond donors (Lipinski definition) is 2. The van der Waals surface area contributed by atoms with Crippen LogP contribution in [0.2, 0.25) is 0 Å². The van der Waals surface area contributed by atoms with Crippen LogP contribution in [0.4, 0.5) is 18.9 Å². The Balaban J connectivity index is 1.99. The first kappa shape index (κ1) is 13.2. The van der Waals surface area contributed by atoms with E-state index in [1.54, 1.807) is 0 Å². The second-order valence-corrected chi connectivity index (χ2v) is 4.22. The molecule has 1 amide bonds. The normalized spacial score (nSPS) is 11.8. The largest absolute Gasteiger partial charge is 0.459 e. The van der Waals surface area contributed by atoms with Crippen molar-refractivity contribution in [2.24, 2.45) is 0 Å². The van der Waals surface area contributed by atoms with Crippen LogP contribution in [0.3, 0.4) is 0 Å². The molecule has 5 nitrogen and oxygen atoms in total. The molecule has 0 aliphatic rings. The molecular weight excluding hydrogens is 287 g/mol. The van der Waals surface area contributed by atoms with Crippen molar-refractivity contribution in [2.45, 2.75) is 6.18 Å². The predicted molar refractivity (Wildman–Crippen MR) is 67.8 cm³/mol. The highest BCUT2D eigenvalue weighted by Crippen LogP contribution is 2.30. The highest BCUT2D eigenvalue weighted by molar-refractivity contribution is 6.06. The molecule has 0 aliphatic heterocycles. The number of fused-ring (bicyclic) bond motifs is 1. The number of carbonyl (C=O) groups is 1. The number of halogens is 3. The van der Waals surface area contributed by atoms with Crippen LogP contribution in [0.1, 0.15) is 16.4 Å². The summed E-state index contributed by atoms with van der Waals surface area (Å²) in [6.45, 7) is 0. The van der Waals surface area contributed by atoms with Crippen LogP contribution < -0.4 is 5.32 Å². The lowest BCUT2D eigenvalue weighted by molar-refractivity contribution is -0.144. The summed E-state index contributed by atoms with van der Waals surface area (Å²) in [7, 11) is 0. The Morgan fingerprint density at radius 3 is 2.71 bits per heavy atom. The third-order valence-corrected chi connectivity index (χ3v) is 2.77. The molecule has 0 saturated heterocycles. The average molecular weight is 295 g/mol. The molecule has 0 radical (unpaired) electrons. The van der Waals surface area contributed by atoms with Gasteiger partial charge in [0.2, 0.25) is 5.82 Å². The number of rotatable bonds is 2. The van der Waals surface area contributed by atoms with Gasteiger partial charge in [-0.3, -0.25) is 4.79 Å². The SMILES string of the molecule is O=C(Nc1cccc2[nH]c(C(F)(F)F)nc12)c1ccco1. The minimum Gasteiger partial charge on any atom is -0.459 e. The molecule has 8 heteroatoms. The molecule has 0 saturated carbocycles. The first-order chi connectivity index (χ1) is 9.95. The van der Waals surface area contributed by atoms with Gasteiger partial charge in [-0.1, -0.05) is 6.07 Å². The summed E-state index contributed by atoms with van der Waals surface area (Å²) in [4.78, 5) is 17.5. The van der Waals surface area contributed by atoms with E-state index in [1.165, 1.54) is 36.6 Å². The summed E-state index contributed by atoms with van der Waals surface area (Å²) in [5, 5.41) is 2.47. The monoisotopic (exact) mass is 295 g/mol. The van der Waals surface area contributed by atoms with Crippen LogP contribution in [0.5, 0.6) is 0 Å². The maximum Gasteiger partial charge on any atom is 0.449 e. The van der Waals surface area contributed by atoms with Crippen LogP contribution in [-0.4, -0.2) is 15.9 Å². The molecule has 108 valence electrons. The lowest BCUT2D eigenvalue weighted by Crippen LogP contribution is -2.11. The van der Waals surface area contributed by atoms with Crippen molar-refractivity contribution in [1.29, 1.82) is 0 Å². The van der Waals surface area contributed by atoms with Gasteiger partial charge in [-0.05, 0) is 24.3 Å². The van der Waals surface area contributed by atoms with Crippen molar-refractivity contribution in [3.05, 3.63) is 48.2 Å². The van der Waals surface area contributed by atoms with Gasteiger partial charge in [-0.25, -0.2) is 4.98 Å². The van der Waals surface area contributed by atoms with E-state index >= 15 is 0 Å². The number of H-pyrrole nitrogens is 1. The Morgan fingerprint density at radius 1 is 1.24 bits per heavy atom. The predicted octanol–water partition coefficient (Wildman–Crippen LogP) is 3.43. The summed E-state index contributed by atoms with van der Waals surface area (Å²) in [6.07, 6.45) is -3.26. The zero-order valence-corrected chi connectivity index (χ0v) is 10.4. The molecule has 0 aliphatic carbocycles. The Bertz CT molecular complexity index is 791. The average Bonchev–Trinajstić information content (AvgIpc) is 3.07. The molecule has 3 rings (SSSR count). The van der Waals surface area contributed by atoms with Gasteiger partial charge in [-0.2, -0.15) is 13.2 Å². The highest BCUT2D eigenvalue weighted by atomic mass is 19.4. The van der Waals surface area contributed by atoms with Gasteiger partial charge in [0, 0.05) is 0 Å². The summed E-state index contributed by atoms with van der Waals surface area (Å²) in [5.41, 5.74) is 0.380. The molecule has 2 heterocycles. The van der Waals surface area contributed by atoms with E-state index < -0.39 is 17.9 Å². The number of para-hydroxylation sites is 1. The summed E-state index contributed by atoms with van der Waals surface area (Å²) >= 11 is 0. The number of hydrogen-bond acceptors (Lipinski definition) is 3. The Labute approximate surface area is 115 Å². The number of benzene rings is 1. The number of carbonyl (C=O) groups excluding carboxylic acids is 1. The molecule has 2 aromatic heterocycles. The van der Waals surface area contributed by atoms with Crippen LogP contribution in [-0.2, 0) is 6.18 Å². The maximum atomic E-state index is 12.6. The summed E-state index contributed by atoms with van der Waals surface area (Å²) in [5.74, 6) is -1.63. The molecule has 0 spiro atoms. The van der Waals surface area contributed by atoms with Crippen molar-refractivity contribution < 1.29 is 22.4 Å². The van der Waals surface area contributed by atoms with E-state index in [2.05, 4.69) is 15.3 Å². The second kappa shape index (κ2) is 4.65. The van der Waals surface area contributed by atoms with Crippen molar-refractivity contribution in [3.63, 3.8) is 0 Å². The Kier molecular flexibility index (Phi) is 2.93. The molecule has 2 N–H and O–H groups in total. The van der Waals surface area contributed by atoms with Crippen LogP contribution in [0.15, 0.2) is 41.0 Å². The molecular formula is C13H8F3N3O2. The van der Waals surface area contributed by atoms with Gasteiger partial charge >= 0.3 is 6.18 Å². The van der Waals surface area contributed by atoms with Crippen molar-refractivity contribution in [1.82, 2.24) is 9.97 Å². The number of anilines is 1. The van der Waals surface area contributed by atoms with Crippen molar-refractivity contribution in [2.75, 3.05) is 5.32 Å². The summed E-state index contributed by atoms with van der Waals surface area (Å²) in [6, 6.07) is 7.40. The Morgan fingerprint density at radius 2 is 2.05 bits per heavy atom.